The highest BCUT2D eigenvalue weighted by Gasteiger charge is 2.51. The zero-order valence-electron chi connectivity index (χ0n) is 17.3. The molecule has 2 fully saturated rings. The molecule has 0 bridgehead atoms. The van der Waals surface area contributed by atoms with E-state index in [-0.39, 0.29) is 23.9 Å². The van der Waals surface area contributed by atoms with Gasteiger partial charge in [-0.15, -0.1) is 0 Å². The maximum Gasteiger partial charge on any atom is 0.236 e. The van der Waals surface area contributed by atoms with Crippen LogP contribution in [-0.4, -0.2) is 40.1 Å². The minimum absolute atomic E-state index is 0.115. The number of carbonyl (C=O) groups excluding carboxylic acids is 1. The highest BCUT2D eigenvalue weighted by molar-refractivity contribution is 7.15. The van der Waals surface area contributed by atoms with Crippen molar-refractivity contribution in [3.8, 4) is 0 Å². The van der Waals surface area contributed by atoms with Crippen LogP contribution in [0.15, 0.2) is 54.7 Å². The average molecular weight is 472 g/mol. The van der Waals surface area contributed by atoms with Gasteiger partial charge in [0.2, 0.25) is 5.91 Å². The fourth-order valence-corrected chi connectivity index (χ4v) is 5.66. The van der Waals surface area contributed by atoms with Crippen LogP contribution in [0, 0.1) is 5.82 Å². The van der Waals surface area contributed by atoms with Gasteiger partial charge < -0.3 is 10.4 Å². The van der Waals surface area contributed by atoms with Crippen LogP contribution in [0.1, 0.15) is 41.3 Å². The van der Waals surface area contributed by atoms with E-state index in [0.717, 1.165) is 35.4 Å². The molecule has 5 rings (SSSR count). The largest absolute Gasteiger partial charge is 0.392 e. The van der Waals surface area contributed by atoms with Gasteiger partial charge in [-0.25, -0.2) is 9.37 Å². The van der Waals surface area contributed by atoms with E-state index in [1.807, 2.05) is 24.3 Å². The number of β-amino-alcohol motifs (C(OH)–C–C–N with tert-alkyl or cyclic N) is 1. The number of aromatic nitrogens is 1. The van der Waals surface area contributed by atoms with Crippen LogP contribution in [0.3, 0.4) is 0 Å². The Labute approximate surface area is 194 Å². The van der Waals surface area contributed by atoms with Crippen molar-refractivity contribution in [2.45, 2.75) is 36.8 Å². The first-order valence-corrected chi connectivity index (χ1v) is 11.9. The topological polar surface area (TPSA) is 65.5 Å². The van der Waals surface area contributed by atoms with Crippen LogP contribution < -0.4 is 5.32 Å². The number of nitrogens with one attached hydrogen (secondary N) is 1. The number of amides is 1. The molecule has 5 nitrogen and oxygen atoms in total. The number of benzene rings is 2. The molecule has 1 aliphatic carbocycles. The molecule has 2 heterocycles. The zero-order chi connectivity index (χ0) is 22.3. The lowest BCUT2D eigenvalue weighted by molar-refractivity contribution is -0.118. The standard InChI is InChI=1S/C24H23ClFN3O2S/c25-19-4-2-1-3-18(19)21(29-12-9-17(30)14-29)20-13-27-23(32-20)28-22(31)24(10-11-24)15-5-7-16(26)8-6-15/h1-8,13,17,21,30H,9-12,14H2,(H,27,28,31)/t17-,21?/m1/s1. The molecular weight excluding hydrogens is 449 g/mol. The predicted octanol–water partition coefficient (Wildman–Crippen LogP) is 4.76. The molecule has 1 saturated heterocycles. The summed E-state index contributed by atoms with van der Waals surface area (Å²) in [5.41, 5.74) is 1.17. The summed E-state index contributed by atoms with van der Waals surface area (Å²) >= 11 is 7.94. The number of aliphatic hydroxyl groups is 1. The summed E-state index contributed by atoms with van der Waals surface area (Å²) in [5.74, 6) is -0.428. The first-order valence-electron chi connectivity index (χ1n) is 10.7. The molecule has 32 heavy (non-hydrogen) atoms. The van der Waals surface area contributed by atoms with Crippen molar-refractivity contribution in [3.63, 3.8) is 0 Å². The van der Waals surface area contributed by atoms with Gasteiger partial charge in [0.05, 0.1) is 17.6 Å². The number of anilines is 1. The second-order valence-corrected chi connectivity index (χ2v) is 9.94. The lowest BCUT2D eigenvalue weighted by Crippen LogP contribution is -2.28. The van der Waals surface area contributed by atoms with Crippen molar-refractivity contribution in [1.29, 1.82) is 0 Å². The van der Waals surface area contributed by atoms with E-state index < -0.39 is 5.41 Å². The van der Waals surface area contributed by atoms with Crippen LogP contribution in [0.2, 0.25) is 5.02 Å². The highest BCUT2D eigenvalue weighted by atomic mass is 35.5. The molecule has 166 valence electrons. The molecule has 2 aliphatic rings. The van der Waals surface area contributed by atoms with Gasteiger partial charge in [0, 0.05) is 29.2 Å². The summed E-state index contributed by atoms with van der Waals surface area (Å²) in [6, 6.07) is 13.7. The Hall–Kier alpha value is -2.32. The van der Waals surface area contributed by atoms with Gasteiger partial charge in [0.15, 0.2) is 5.13 Å². The summed E-state index contributed by atoms with van der Waals surface area (Å²) in [7, 11) is 0. The minimum Gasteiger partial charge on any atom is -0.392 e. The van der Waals surface area contributed by atoms with E-state index in [4.69, 9.17) is 11.6 Å². The van der Waals surface area contributed by atoms with Crippen molar-refractivity contribution in [2.24, 2.45) is 0 Å². The Morgan fingerprint density at radius 2 is 2.00 bits per heavy atom. The first-order chi connectivity index (χ1) is 15.5. The number of thiazole rings is 1. The van der Waals surface area contributed by atoms with Crippen molar-refractivity contribution < 1.29 is 14.3 Å². The molecular formula is C24H23ClFN3O2S. The molecule has 0 spiro atoms. The number of halogens is 2. The second-order valence-electron chi connectivity index (χ2n) is 8.47. The molecule has 2 aromatic carbocycles. The van der Waals surface area contributed by atoms with E-state index >= 15 is 0 Å². The van der Waals surface area contributed by atoms with Crippen molar-refractivity contribution in [2.75, 3.05) is 18.4 Å². The van der Waals surface area contributed by atoms with Gasteiger partial charge in [-0.2, -0.15) is 0 Å². The third-order valence-electron chi connectivity index (χ3n) is 6.35. The third-order valence-corrected chi connectivity index (χ3v) is 7.66. The maximum atomic E-state index is 13.3. The van der Waals surface area contributed by atoms with Gasteiger partial charge in [0.25, 0.3) is 0 Å². The van der Waals surface area contributed by atoms with E-state index in [1.165, 1.54) is 23.5 Å². The Kier molecular flexibility index (Phi) is 5.75. The van der Waals surface area contributed by atoms with Crippen LogP contribution in [0.25, 0.3) is 0 Å². The minimum atomic E-state index is -0.610. The van der Waals surface area contributed by atoms with Crippen LogP contribution in [-0.2, 0) is 10.2 Å². The summed E-state index contributed by atoms with van der Waals surface area (Å²) in [5, 5.41) is 14.2. The number of aliphatic hydroxyl groups excluding tert-OH is 1. The summed E-state index contributed by atoms with van der Waals surface area (Å²) in [6.07, 6.45) is 3.59. The SMILES string of the molecule is O=C(Nc1ncc(C(c2ccccc2Cl)N2CC[C@@H](O)C2)s1)C1(c2ccc(F)cc2)CC1. The highest BCUT2D eigenvalue weighted by Crippen LogP contribution is 2.49. The lowest BCUT2D eigenvalue weighted by Gasteiger charge is -2.27. The van der Waals surface area contributed by atoms with Crippen LogP contribution >= 0.6 is 22.9 Å². The van der Waals surface area contributed by atoms with Gasteiger partial charge in [0.1, 0.15) is 5.82 Å². The molecule has 1 saturated carbocycles. The fourth-order valence-electron chi connectivity index (χ4n) is 4.46. The molecule has 2 atom stereocenters. The predicted molar refractivity (Wildman–Crippen MR) is 124 cm³/mol. The van der Waals surface area contributed by atoms with Crippen molar-refractivity contribution in [1.82, 2.24) is 9.88 Å². The smallest absolute Gasteiger partial charge is 0.236 e. The molecule has 2 N–H and O–H groups in total. The lowest BCUT2D eigenvalue weighted by atomic mass is 9.95. The van der Waals surface area contributed by atoms with Crippen LogP contribution in [0.5, 0.6) is 0 Å². The molecule has 8 heteroatoms. The number of likely N-dealkylation sites (tertiary alicyclic amines) is 1. The summed E-state index contributed by atoms with van der Waals surface area (Å²) < 4.78 is 13.3. The molecule has 1 unspecified atom stereocenters. The van der Waals surface area contributed by atoms with Crippen LogP contribution in [0.4, 0.5) is 9.52 Å². The van der Waals surface area contributed by atoms with E-state index in [1.54, 1.807) is 18.3 Å². The van der Waals surface area contributed by atoms with Gasteiger partial charge in [-0.05, 0) is 48.6 Å². The Bertz CT molecular complexity index is 1130. The first kappa shape index (κ1) is 21.5. The number of rotatable bonds is 6. The van der Waals surface area contributed by atoms with E-state index in [2.05, 4.69) is 15.2 Å². The summed E-state index contributed by atoms with van der Waals surface area (Å²) in [6.45, 7) is 1.31. The number of carbonyl (C=O) groups is 1. The summed E-state index contributed by atoms with van der Waals surface area (Å²) in [4.78, 5) is 20.7. The number of hydrogen-bond donors (Lipinski definition) is 2. The van der Waals surface area contributed by atoms with Gasteiger partial charge in [-0.1, -0.05) is 53.3 Å². The fraction of sp³-hybridized carbons (Fsp3) is 0.333. The normalized spacial score (nSPS) is 20.8. The molecule has 0 radical (unpaired) electrons. The molecule has 1 aromatic heterocycles. The Balaban J connectivity index is 1.39. The Morgan fingerprint density at radius 3 is 2.66 bits per heavy atom. The van der Waals surface area contributed by atoms with E-state index in [0.29, 0.717) is 23.1 Å². The number of nitrogens with zero attached hydrogens (tertiary/aromatic N) is 2. The second kappa shape index (κ2) is 8.56. The zero-order valence-corrected chi connectivity index (χ0v) is 18.9. The average Bonchev–Trinajstić information content (AvgIpc) is 3.30. The van der Waals surface area contributed by atoms with E-state index in [9.17, 15) is 14.3 Å². The molecule has 1 aliphatic heterocycles. The number of hydrogen-bond acceptors (Lipinski definition) is 5. The van der Waals surface area contributed by atoms with Gasteiger partial charge in [-0.3, -0.25) is 9.69 Å². The van der Waals surface area contributed by atoms with Gasteiger partial charge >= 0.3 is 0 Å². The molecule has 1 amide bonds. The van der Waals surface area contributed by atoms with Crippen molar-refractivity contribution >= 4 is 34.0 Å². The maximum absolute atomic E-state index is 13.3. The quantitative estimate of drug-likeness (QED) is 0.544. The monoisotopic (exact) mass is 471 g/mol. The Morgan fingerprint density at radius 1 is 1.25 bits per heavy atom. The third kappa shape index (κ3) is 4.06. The molecule has 3 aromatic rings. The van der Waals surface area contributed by atoms with Crippen molar-refractivity contribution in [3.05, 3.63) is 81.6 Å².